The summed E-state index contributed by atoms with van der Waals surface area (Å²) in [6, 6.07) is 0.816. The van der Waals surface area contributed by atoms with E-state index in [0.717, 1.165) is 10.4 Å². The van der Waals surface area contributed by atoms with Gasteiger partial charge >= 0.3 is 0 Å². The van der Waals surface area contributed by atoms with Crippen molar-refractivity contribution in [1.82, 2.24) is 10.6 Å². The molecule has 1 aliphatic carbocycles. The Labute approximate surface area is 114 Å². The van der Waals surface area contributed by atoms with Crippen molar-refractivity contribution in [2.24, 2.45) is 0 Å². The van der Waals surface area contributed by atoms with Crippen LogP contribution in [0, 0.1) is 0 Å². The maximum atomic E-state index is 5.30. The lowest BCUT2D eigenvalue weighted by Gasteiger charge is -2.19. The van der Waals surface area contributed by atoms with E-state index in [4.69, 9.17) is 17.0 Å². The minimum absolute atomic E-state index is 0.266. The molecule has 0 aromatic heterocycles. The Morgan fingerprint density at radius 2 is 2.29 bits per heavy atom. The third-order valence-electron chi connectivity index (χ3n) is 2.92. The molecule has 1 saturated carbocycles. The fourth-order valence-electron chi connectivity index (χ4n) is 2.20. The molecule has 0 saturated heterocycles. The van der Waals surface area contributed by atoms with Gasteiger partial charge in [0, 0.05) is 24.4 Å². The molecule has 0 spiro atoms. The molecule has 3 unspecified atom stereocenters. The van der Waals surface area contributed by atoms with Gasteiger partial charge in [0.15, 0.2) is 5.11 Å². The van der Waals surface area contributed by atoms with E-state index in [9.17, 15) is 0 Å². The van der Waals surface area contributed by atoms with Crippen LogP contribution in [-0.4, -0.2) is 41.9 Å². The smallest absolute Gasteiger partial charge is 0.166 e. The summed E-state index contributed by atoms with van der Waals surface area (Å²) >= 11 is 7.37. The Kier molecular flexibility index (Phi) is 7.23. The predicted octanol–water partition coefficient (Wildman–Crippen LogP) is 2.16. The molecule has 5 heteroatoms. The third-order valence-corrected chi connectivity index (χ3v) is 4.38. The molecule has 0 radical (unpaired) electrons. The molecule has 1 fully saturated rings. The van der Waals surface area contributed by atoms with E-state index in [1.165, 1.54) is 25.0 Å². The summed E-state index contributed by atoms with van der Waals surface area (Å²) in [6.07, 6.45) is 3.78. The molecular formula is C12H24N2OS2. The average molecular weight is 276 g/mol. The molecule has 2 N–H and O–H groups in total. The first-order chi connectivity index (χ1) is 8.15. The number of thioether (sulfide) groups is 1. The summed E-state index contributed by atoms with van der Waals surface area (Å²) in [5.41, 5.74) is 0. The molecule has 0 aliphatic heterocycles. The largest absolute Gasteiger partial charge is 0.383 e. The van der Waals surface area contributed by atoms with Crippen molar-refractivity contribution in [3.8, 4) is 0 Å². The molecule has 1 aliphatic rings. The molecule has 17 heavy (non-hydrogen) atoms. The number of thiocarbonyl (C=S) groups is 1. The van der Waals surface area contributed by atoms with Crippen molar-refractivity contribution in [2.45, 2.75) is 50.4 Å². The van der Waals surface area contributed by atoms with Crippen molar-refractivity contribution in [3.05, 3.63) is 0 Å². The van der Waals surface area contributed by atoms with Gasteiger partial charge in [-0.2, -0.15) is 11.8 Å². The van der Waals surface area contributed by atoms with Gasteiger partial charge in [0.05, 0.1) is 6.61 Å². The number of hydrogen-bond acceptors (Lipinski definition) is 3. The second-order valence-corrected chi connectivity index (χ2v) is 6.55. The summed E-state index contributed by atoms with van der Waals surface area (Å²) in [7, 11) is 1.71. The van der Waals surface area contributed by atoms with Crippen molar-refractivity contribution < 1.29 is 4.74 Å². The summed E-state index contributed by atoms with van der Waals surface area (Å²) in [6.45, 7) is 4.98. The number of hydrogen-bond donors (Lipinski definition) is 2. The number of methoxy groups -OCH3 is 1. The van der Waals surface area contributed by atoms with Crippen LogP contribution in [0.25, 0.3) is 0 Å². The first-order valence-corrected chi connectivity index (χ1v) is 7.79. The lowest BCUT2D eigenvalue weighted by molar-refractivity contribution is 0.179. The number of ether oxygens (including phenoxy) is 1. The highest BCUT2D eigenvalue weighted by Gasteiger charge is 2.24. The molecule has 0 bridgehead atoms. The van der Waals surface area contributed by atoms with Gasteiger partial charge in [-0.3, -0.25) is 0 Å². The minimum atomic E-state index is 0.266. The maximum absolute atomic E-state index is 5.30. The molecule has 3 nitrogen and oxygen atoms in total. The first-order valence-electron chi connectivity index (χ1n) is 6.33. The molecule has 0 aromatic rings. The monoisotopic (exact) mass is 276 g/mol. The Morgan fingerprint density at radius 3 is 2.94 bits per heavy atom. The standard InChI is InChI=1S/C12H24N2OS2/c1-4-17-11-6-5-10(7-11)14-12(16)13-9(2)8-15-3/h9-11H,4-8H2,1-3H3,(H2,13,14,16). The molecular weight excluding hydrogens is 252 g/mol. The van der Waals surface area contributed by atoms with Crippen LogP contribution in [0.2, 0.25) is 0 Å². The van der Waals surface area contributed by atoms with Crippen LogP contribution in [0.4, 0.5) is 0 Å². The summed E-state index contributed by atoms with van der Waals surface area (Å²) in [5, 5.41) is 8.23. The summed E-state index contributed by atoms with van der Waals surface area (Å²) < 4.78 is 5.07. The maximum Gasteiger partial charge on any atom is 0.166 e. The van der Waals surface area contributed by atoms with Crippen molar-refractivity contribution >= 4 is 29.1 Å². The van der Waals surface area contributed by atoms with Crippen molar-refractivity contribution in [2.75, 3.05) is 19.5 Å². The van der Waals surface area contributed by atoms with Crippen LogP contribution in [0.5, 0.6) is 0 Å². The summed E-state index contributed by atoms with van der Waals surface area (Å²) in [4.78, 5) is 0. The van der Waals surface area contributed by atoms with E-state index in [1.807, 2.05) is 0 Å². The third kappa shape index (κ3) is 5.93. The Balaban J connectivity index is 2.19. The lowest BCUT2D eigenvalue weighted by atomic mass is 10.2. The van der Waals surface area contributed by atoms with E-state index in [-0.39, 0.29) is 6.04 Å². The Bertz CT molecular complexity index is 239. The first kappa shape index (κ1) is 15.1. The van der Waals surface area contributed by atoms with Crippen molar-refractivity contribution in [1.29, 1.82) is 0 Å². The second-order valence-electron chi connectivity index (χ2n) is 4.56. The zero-order valence-electron chi connectivity index (χ0n) is 11.0. The van der Waals surface area contributed by atoms with Crippen LogP contribution in [0.1, 0.15) is 33.1 Å². The molecule has 100 valence electrons. The normalized spacial score (nSPS) is 25.6. The SMILES string of the molecule is CCSC1CCC(NC(=S)NC(C)COC)C1. The van der Waals surface area contributed by atoms with Gasteiger partial charge in [0.1, 0.15) is 0 Å². The Hall–Kier alpha value is -0.0000000000000000486. The van der Waals surface area contributed by atoms with Gasteiger partial charge in [0.25, 0.3) is 0 Å². The topological polar surface area (TPSA) is 33.3 Å². The van der Waals surface area contributed by atoms with E-state index in [0.29, 0.717) is 12.6 Å². The van der Waals surface area contributed by atoms with Crippen LogP contribution < -0.4 is 10.6 Å². The quantitative estimate of drug-likeness (QED) is 0.727. The highest BCUT2D eigenvalue weighted by Crippen LogP contribution is 2.29. The van der Waals surface area contributed by atoms with Gasteiger partial charge < -0.3 is 15.4 Å². The molecule has 0 heterocycles. The van der Waals surface area contributed by atoms with E-state index in [1.54, 1.807) is 7.11 Å². The van der Waals surface area contributed by atoms with Gasteiger partial charge in [0.2, 0.25) is 0 Å². The van der Waals surface area contributed by atoms with Gasteiger partial charge in [-0.25, -0.2) is 0 Å². The van der Waals surface area contributed by atoms with Crippen LogP contribution in [0.3, 0.4) is 0 Å². The molecule has 0 aromatic carbocycles. The zero-order chi connectivity index (χ0) is 12.7. The highest BCUT2D eigenvalue weighted by molar-refractivity contribution is 7.99. The fraction of sp³-hybridized carbons (Fsp3) is 0.917. The predicted molar refractivity (Wildman–Crippen MR) is 79.8 cm³/mol. The van der Waals surface area contributed by atoms with E-state index in [2.05, 4.69) is 36.2 Å². The highest BCUT2D eigenvalue weighted by atomic mass is 32.2. The summed E-state index contributed by atoms with van der Waals surface area (Å²) in [5.74, 6) is 1.21. The molecule has 0 amide bonds. The Morgan fingerprint density at radius 1 is 1.53 bits per heavy atom. The van der Waals surface area contributed by atoms with Crippen LogP contribution in [-0.2, 0) is 4.74 Å². The number of nitrogens with one attached hydrogen (secondary N) is 2. The van der Waals surface area contributed by atoms with Crippen LogP contribution in [0.15, 0.2) is 0 Å². The average Bonchev–Trinajstić information content (AvgIpc) is 2.66. The van der Waals surface area contributed by atoms with Gasteiger partial charge in [-0.1, -0.05) is 6.92 Å². The molecule has 1 rings (SSSR count). The van der Waals surface area contributed by atoms with Gasteiger partial charge in [-0.05, 0) is 44.2 Å². The van der Waals surface area contributed by atoms with E-state index >= 15 is 0 Å². The second kappa shape index (κ2) is 8.16. The number of rotatable bonds is 6. The van der Waals surface area contributed by atoms with Crippen molar-refractivity contribution in [3.63, 3.8) is 0 Å². The molecule has 3 atom stereocenters. The lowest BCUT2D eigenvalue weighted by Crippen LogP contribution is -2.45. The minimum Gasteiger partial charge on any atom is -0.383 e. The van der Waals surface area contributed by atoms with Gasteiger partial charge in [-0.15, -0.1) is 0 Å². The fourth-order valence-corrected chi connectivity index (χ4v) is 3.71. The zero-order valence-corrected chi connectivity index (χ0v) is 12.6. The van der Waals surface area contributed by atoms with E-state index < -0.39 is 0 Å². The van der Waals surface area contributed by atoms with Crippen LogP contribution >= 0.6 is 24.0 Å².